The molecule has 3 heteroatoms. The molecule has 0 saturated carbocycles. The Kier molecular flexibility index (Phi) is 3.91. The van der Waals surface area contributed by atoms with E-state index in [1.165, 1.54) is 41.1 Å². The standard InChI is InChI=1S/C17H17Cl2N/c1-2-3-4-9-20-16-7-5-12(18)10-14(16)15-11-13(19)6-8-17(15)20/h5-8,10-11H,2-4,9H2,1H3. The minimum Gasteiger partial charge on any atom is -0.340 e. The van der Waals surface area contributed by atoms with Gasteiger partial charge in [-0.05, 0) is 42.8 Å². The van der Waals surface area contributed by atoms with Crippen LogP contribution >= 0.6 is 23.2 Å². The zero-order valence-electron chi connectivity index (χ0n) is 11.5. The van der Waals surface area contributed by atoms with Crippen LogP contribution in [0, 0.1) is 0 Å². The predicted octanol–water partition coefficient (Wildman–Crippen LogP) is 6.29. The van der Waals surface area contributed by atoms with E-state index in [-0.39, 0.29) is 0 Å². The van der Waals surface area contributed by atoms with Crippen molar-refractivity contribution in [3.8, 4) is 0 Å². The summed E-state index contributed by atoms with van der Waals surface area (Å²) < 4.78 is 2.38. The molecule has 1 heterocycles. The lowest BCUT2D eigenvalue weighted by atomic mass is 10.1. The molecule has 20 heavy (non-hydrogen) atoms. The van der Waals surface area contributed by atoms with Gasteiger partial charge in [-0.2, -0.15) is 0 Å². The molecule has 0 aliphatic rings. The molecule has 0 radical (unpaired) electrons. The number of hydrogen-bond acceptors (Lipinski definition) is 0. The number of aryl methyl sites for hydroxylation is 1. The van der Waals surface area contributed by atoms with Gasteiger partial charge in [0.2, 0.25) is 0 Å². The largest absolute Gasteiger partial charge is 0.340 e. The maximum absolute atomic E-state index is 6.15. The van der Waals surface area contributed by atoms with Gasteiger partial charge in [0.25, 0.3) is 0 Å². The lowest BCUT2D eigenvalue weighted by molar-refractivity contribution is 0.627. The quantitative estimate of drug-likeness (QED) is 0.499. The fourth-order valence-corrected chi connectivity index (χ4v) is 3.15. The summed E-state index contributed by atoms with van der Waals surface area (Å²) in [6.45, 7) is 3.27. The van der Waals surface area contributed by atoms with Crippen molar-refractivity contribution in [3.05, 3.63) is 46.4 Å². The van der Waals surface area contributed by atoms with Crippen molar-refractivity contribution in [3.63, 3.8) is 0 Å². The van der Waals surface area contributed by atoms with Crippen LogP contribution in [-0.4, -0.2) is 4.57 Å². The molecule has 0 N–H and O–H groups in total. The second-order valence-electron chi connectivity index (χ2n) is 5.18. The van der Waals surface area contributed by atoms with Crippen molar-refractivity contribution in [2.75, 3.05) is 0 Å². The topological polar surface area (TPSA) is 4.93 Å². The van der Waals surface area contributed by atoms with Gasteiger partial charge >= 0.3 is 0 Å². The molecule has 0 fully saturated rings. The number of aromatic nitrogens is 1. The lowest BCUT2D eigenvalue weighted by Gasteiger charge is -2.06. The number of unbranched alkanes of at least 4 members (excludes halogenated alkanes) is 2. The van der Waals surface area contributed by atoms with Gasteiger partial charge < -0.3 is 4.57 Å². The van der Waals surface area contributed by atoms with Gasteiger partial charge in [-0.1, -0.05) is 43.0 Å². The molecule has 0 spiro atoms. The summed E-state index contributed by atoms with van der Waals surface area (Å²) in [7, 11) is 0. The lowest BCUT2D eigenvalue weighted by Crippen LogP contribution is -1.97. The molecule has 0 aliphatic carbocycles. The van der Waals surface area contributed by atoms with E-state index in [1.807, 2.05) is 24.3 Å². The molecule has 104 valence electrons. The third-order valence-electron chi connectivity index (χ3n) is 3.77. The van der Waals surface area contributed by atoms with E-state index in [4.69, 9.17) is 23.2 Å². The zero-order valence-corrected chi connectivity index (χ0v) is 13.0. The number of benzene rings is 2. The molecular formula is C17H17Cl2N. The van der Waals surface area contributed by atoms with Gasteiger partial charge in [0, 0.05) is 38.4 Å². The Morgan fingerprint density at radius 2 is 1.40 bits per heavy atom. The molecule has 3 aromatic rings. The second-order valence-corrected chi connectivity index (χ2v) is 6.05. The van der Waals surface area contributed by atoms with E-state index in [2.05, 4.69) is 23.6 Å². The Morgan fingerprint density at radius 1 is 0.850 bits per heavy atom. The highest BCUT2D eigenvalue weighted by Crippen LogP contribution is 2.33. The molecule has 0 aliphatic heterocycles. The van der Waals surface area contributed by atoms with Crippen molar-refractivity contribution in [2.45, 2.75) is 32.7 Å². The van der Waals surface area contributed by atoms with Crippen molar-refractivity contribution in [1.82, 2.24) is 4.57 Å². The molecule has 0 saturated heterocycles. The summed E-state index contributed by atoms with van der Waals surface area (Å²) in [5.41, 5.74) is 2.48. The highest BCUT2D eigenvalue weighted by molar-refractivity contribution is 6.33. The van der Waals surface area contributed by atoms with Gasteiger partial charge in [-0.3, -0.25) is 0 Å². The summed E-state index contributed by atoms with van der Waals surface area (Å²) >= 11 is 12.3. The van der Waals surface area contributed by atoms with E-state index in [0.29, 0.717) is 0 Å². The van der Waals surface area contributed by atoms with Crippen LogP contribution in [0.15, 0.2) is 36.4 Å². The Balaban J connectivity index is 2.23. The Bertz CT molecular complexity index is 699. The van der Waals surface area contributed by atoms with E-state index < -0.39 is 0 Å². The first-order valence-corrected chi connectivity index (χ1v) is 7.83. The number of hydrogen-bond donors (Lipinski definition) is 0. The molecule has 1 nitrogen and oxygen atoms in total. The average molecular weight is 306 g/mol. The van der Waals surface area contributed by atoms with Crippen molar-refractivity contribution >= 4 is 45.0 Å². The molecule has 2 aromatic carbocycles. The summed E-state index contributed by atoms with van der Waals surface area (Å²) in [4.78, 5) is 0. The summed E-state index contributed by atoms with van der Waals surface area (Å²) in [6.07, 6.45) is 3.68. The SMILES string of the molecule is CCCCCn1c2ccc(Cl)cc2c2cc(Cl)ccc21. The first kappa shape index (κ1) is 13.8. The number of fused-ring (bicyclic) bond motifs is 3. The van der Waals surface area contributed by atoms with Crippen molar-refractivity contribution < 1.29 is 0 Å². The molecule has 0 atom stereocenters. The maximum atomic E-state index is 6.15. The first-order valence-electron chi connectivity index (χ1n) is 7.07. The summed E-state index contributed by atoms with van der Waals surface area (Å²) in [5.74, 6) is 0. The van der Waals surface area contributed by atoms with Crippen LogP contribution in [0.5, 0.6) is 0 Å². The van der Waals surface area contributed by atoms with E-state index in [9.17, 15) is 0 Å². The van der Waals surface area contributed by atoms with E-state index >= 15 is 0 Å². The minimum atomic E-state index is 0.769. The highest BCUT2D eigenvalue weighted by Gasteiger charge is 2.11. The van der Waals surface area contributed by atoms with Crippen molar-refractivity contribution in [1.29, 1.82) is 0 Å². The minimum absolute atomic E-state index is 0.769. The smallest absolute Gasteiger partial charge is 0.0492 e. The molecular weight excluding hydrogens is 289 g/mol. The monoisotopic (exact) mass is 305 g/mol. The maximum Gasteiger partial charge on any atom is 0.0492 e. The highest BCUT2D eigenvalue weighted by atomic mass is 35.5. The third-order valence-corrected chi connectivity index (χ3v) is 4.24. The first-order chi connectivity index (χ1) is 9.70. The van der Waals surface area contributed by atoms with Gasteiger partial charge in [0.1, 0.15) is 0 Å². The number of nitrogens with zero attached hydrogens (tertiary/aromatic N) is 1. The summed E-state index contributed by atoms with van der Waals surface area (Å²) in [6, 6.07) is 12.2. The molecule has 3 rings (SSSR count). The summed E-state index contributed by atoms with van der Waals surface area (Å²) in [5, 5.41) is 3.91. The normalized spacial score (nSPS) is 11.6. The second kappa shape index (κ2) is 5.67. The van der Waals surface area contributed by atoms with E-state index in [1.54, 1.807) is 0 Å². The van der Waals surface area contributed by atoms with Crippen molar-refractivity contribution in [2.24, 2.45) is 0 Å². The van der Waals surface area contributed by atoms with Gasteiger partial charge in [-0.25, -0.2) is 0 Å². The molecule has 1 aromatic heterocycles. The average Bonchev–Trinajstić information content (AvgIpc) is 2.72. The molecule has 0 amide bonds. The predicted molar refractivity (Wildman–Crippen MR) is 89.0 cm³/mol. The Hall–Kier alpha value is -1.18. The van der Waals surface area contributed by atoms with Gasteiger partial charge in [0.05, 0.1) is 0 Å². The van der Waals surface area contributed by atoms with Crippen LogP contribution in [-0.2, 0) is 6.54 Å². The van der Waals surface area contributed by atoms with Crippen LogP contribution < -0.4 is 0 Å². The third kappa shape index (κ3) is 2.41. The van der Waals surface area contributed by atoms with Crippen LogP contribution in [0.25, 0.3) is 21.8 Å². The van der Waals surface area contributed by atoms with Crippen LogP contribution in [0.4, 0.5) is 0 Å². The van der Waals surface area contributed by atoms with Crippen LogP contribution in [0.2, 0.25) is 10.0 Å². The fourth-order valence-electron chi connectivity index (χ4n) is 2.81. The fraction of sp³-hybridized carbons (Fsp3) is 0.294. The molecule has 0 bridgehead atoms. The van der Waals surface area contributed by atoms with E-state index in [0.717, 1.165) is 16.6 Å². The Morgan fingerprint density at radius 3 is 1.90 bits per heavy atom. The van der Waals surface area contributed by atoms with Crippen LogP contribution in [0.3, 0.4) is 0 Å². The number of halogens is 2. The molecule has 0 unspecified atom stereocenters. The van der Waals surface area contributed by atoms with Gasteiger partial charge in [0.15, 0.2) is 0 Å². The zero-order chi connectivity index (χ0) is 14.1. The number of rotatable bonds is 4. The van der Waals surface area contributed by atoms with Gasteiger partial charge in [-0.15, -0.1) is 0 Å². The van der Waals surface area contributed by atoms with Crippen LogP contribution in [0.1, 0.15) is 26.2 Å². The Labute approximate surface area is 129 Å².